The van der Waals surface area contributed by atoms with Crippen molar-refractivity contribution >= 4 is 11.3 Å². The van der Waals surface area contributed by atoms with E-state index in [1.807, 2.05) is 0 Å². The maximum atomic E-state index is 12.0. The van der Waals surface area contributed by atoms with Crippen molar-refractivity contribution in [1.29, 1.82) is 0 Å². The fourth-order valence-corrected chi connectivity index (χ4v) is 1.57. The van der Waals surface area contributed by atoms with Crippen molar-refractivity contribution in [3.63, 3.8) is 0 Å². The van der Waals surface area contributed by atoms with Gasteiger partial charge in [0.1, 0.15) is 5.69 Å². The largest absolute Gasteiger partial charge is 0.281 e. The van der Waals surface area contributed by atoms with Gasteiger partial charge in [0.15, 0.2) is 0 Å². The summed E-state index contributed by atoms with van der Waals surface area (Å²) in [6, 6.07) is 0. The lowest BCUT2D eigenvalue weighted by Gasteiger charge is -1.91. The second-order valence-electron chi connectivity index (χ2n) is 1.98. The number of halogens is 2. The highest BCUT2D eigenvalue weighted by Gasteiger charge is 2.14. The van der Waals surface area contributed by atoms with Gasteiger partial charge >= 0.3 is 0 Å². The van der Waals surface area contributed by atoms with Crippen LogP contribution in [0.3, 0.4) is 0 Å². The van der Waals surface area contributed by atoms with E-state index in [0.717, 1.165) is 0 Å². The standard InChI is InChI=1S/C6H7F2NS/c1-3-5(6(7)8)9-4(2)10-3/h6H,1-2H3. The van der Waals surface area contributed by atoms with Crippen LogP contribution in [-0.4, -0.2) is 4.98 Å². The smallest absolute Gasteiger partial charge is 0.240 e. The van der Waals surface area contributed by atoms with Crippen LogP contribution in [0.5, 0.6) is 0 Å². The molecule has 0 bridgehead atoms. The van der Waals surface area contributed by atoms with Crippen LogP contribution in [0.25, 0.3) is 0 Å². The number of thiazole rings is 1. The summed E-state index contributed by atoms with van der Waals surface area (Å²) >= 11 is 1.31. The molecule has 1 aromatic rings. The first kappa shape index (κ1) is 7.60. The quantitative estimate of drug-likeness (QED) is 0.620. The number of aromatic nitrogens is 1. The van der Waals surface area contributed by atoms with Crippen molar-refractivity contribution in [3.8, 4) is 0 Å². The van der Waals surface area contributed by atoms with Crippen molar-refractivity contribution in [2.75, 3.05) is 0 Å². The molecule has 10 heavy (non-hydrogen) atoms. The Bertz CT molecular complexity index is 232. The Morgan fingerprint density at radius 1 is 1.40 bits per heavy atom. The highest BCUT2D eigenvalue weighted by atomic mass is 32.1. The van der Waals surface area contributed by atoms with Gasteiger partial charge in [0.05, 0.1) is 5.01 Å². The summed E-state index contributed by atoms with van der Waals surface area (Å²) in [5.41, 5.74) is -0.0671. The van der Waals surface area contributed by atoms with Gasteiger partial charge in [0.25, 0.3) is 6.43 Å². The Labute approximate surface area is 61.7 Å². The van der Waals surface area contributed by atoms with E-state index < -0.39 is 6.43 Å². The van der Waals surface area contributed by atoms with Crippen molar-refractivity contribution in [3.05, 3.63) is 15.6 Å². The van der Waals surface area contributed by atoms with Gasteiger partial charge in [-0.1, -0.05) is 0 Å². The molecule has 56 valence electrons. The second kappa shape index (κ2) is 2.62. The predicted octanol–water partition coefficient (Wildman–Crippen LogP) is 2.70. The molecule has 4 heteroatoms. The minimum absolute atomic E-state index is 0.0671. The third-order valence-electron chi connectivity index (χ3n) is 1.15. The average Bonchev–Trinajstić information content (AvgIpc) is 2.10. The Hall–Kier alpha value is -0.510. The van der Waals surface area contributed by atoms with Crippen LogP contribution in [0.15, 0.2) is 0 Å². The molecule has 1 aromatic heterocycles. The first-order valence-electron chi connectivity index (χ1n) is 2.83. The molecule has 0 atom stereocenters. The number of hydrogen-bond donors (Lipinski definition) is 0. The Kier molecular flexibility index (Phi) is 1.99. The monoisotopic (exact) mass is 163 g/mol. The van der Waals surface area contributed by atoms with E-state index >= 15 is 0 Å². The number of rotatable bonds is 1. The van der Waals surface area contributed by atoms with Crippen molar-refractivity contribution in [2.45, 2.75) is 20.3 Å². The van der Waals surface area contributed by atoms with E-state index in [1.165, 1.54) is 11.3 Å². The maximum absolute atomic E-state index is 12.0. The molecule has 0 aromatic carbocycles. The Morgan fingerprint density at radius 3 is 2.20 bits per heavy atom. The van der Waals surface area contributed by atoms with Crippen molar-refractivity contribution in [2.24, 2.45) is 0 Å². The number of hydrogen-bond acceptors (Lipinski definition) is 2. The van der Waals surface area contributed by atoms with E-state index in [4.69, 9.17) is 0 Å². The highest BCUT2D eigenvalue weighted by molar-refractivity contribution is 7.11. The highest BCUT2D eigenvalue weighted by Crippen LogP contribution is 2.25. The molecule has 0 aliphatic rings. The molecular formula is C6H7F2NS. The van der Waals surface area contributed by atoms with Gasteiger partial charge in [-0.3, -0.25) is 0 Å². The van der Waals surface area contributed by atoms with Crippen LogP contribution in [0, 0.1) is 13.8 Å². The average molecular weight is 163 g/mol. The van der Waals surface area contributed by atoms with Crippen LogP contribution in [0.1, 0.15) is 22.0 Å². The molecule has 0 aliphatic carbocycles. The molecule has 0 saturated carbocycles. The molecule has 0 spiro atoms. The van der Waals surface area contributed by atoms with Crippen LogP contribution < -0.4 is 0 Å². The summed E-state index contributed by atoms with van der Waals surface area (Å²) in [4.78, 5) is 4.30. The van der Waals surface area contributed by atoms with E-state index in [1.54, 1.807) is 13.8 Å². The molecule has 0 N–H and O–H groups in total. The van der Waals surface area contributed by atoms with Gasteiger partial charge in [-0.2, -0.15) is 0 Å². The van der Waals surface area contributed by atoms with Crippen molar-refractivity contribution < 1.29 is 8.78 Å². The molecule has 0 amide bonds. The Morgan fingerprint density at radius 2 is 2.00 bits per heavy atom. The lowest BCUT2D eigenvalue weighted by molar-refractivity contribution is 0.146. The zero-order valence-corrected chi connectivity index (χ0v) is 6.51. The van der Waals surface area contributed by atoms with E-state index in [9.17, 15) is 8.78 Å². The molecule has 0 radical (unpaired) electrons. The van der Waals surface area contributed by atoms with Crippen LogP contribution in [0.4, 0.5) is 8.78 Å². The summed E-state index contributed by atoms with van der Waals surface area (Å²) in [7, 11) is 0. The third-order valence-corrected chi connectivity index (χ3v) is 2.05. The van der Waals surface area contributed by atoms with Crippen LogP contribution in [0.2, 0.25) is 0 Å². The molecule has 1 nitrogen and oxygen atoms in total. The molecule has 1 heterocycles. The summed E-state index contributed by atoms with van der Waals surface area (Å²) in [5, 5.41) is 0.702. The fraction of sp³-hybridized carbons (Fsp3) is 0.500. The lowest BCUT2D eigenvalue weighted by atomic mass is 10.4. The van der Waals surface area contributed by atoms with Gasteiger partial charge < -0.3 is 0 Å². The normalized spacial score (nSPS) is 10.9. The lowest BCUT2D eigenvalue weighted by Crippen LogP contribution is -1.85. The molecule has 0 aliphatic heterocycles. The van der Waals surface area contributed by atoms with E-state index in [0.29, 0.717) is 9.88 Å². The van der Waals surface area contributed by atoms with E-state index in [2.05, 4.69) is 4.98 Å². The minimum Gasteiger partial charge on any atom is -0.240 e. The van der Waals surface area contributed by atoms with Crippen LogP contribution >= 0.6 is 11.3 Å². The molecule has 1 rings (SSSR count). The summed E-state index contributed by atoms with van der Waals surface area (Å²) < 4.78 is 24.0. The summed E-state index contributed by atoms with van der Waals surface area (Å²) in [6.07, 6.45) is -2.43. The van der Waals surface area contributed by atoms with Crippen molar-refractivity contribution in [1.82, 2.24) is 4.98 Å². The number of aryl methyl sites for hydroxylation is 2. The zero-order valence-electron chi connectivity index (χ0n) is 5.69. The fourth-order valence-electron chi connectivity index (χ4n) is 0.747. The first-order chi connectivity index (χ1) is 4.61. The maximum Gasteiger partial charge on any atom is 0.281 e. The summed E-state index contributed by atoms with van der Waals surface area (Å²) in [6.45, 7) is 3.38. The SMILES string of the molecule is Cc1nc(C(F)F)c(C)s1. The first-order valence-corrected chi connectivity index (χ1v) is 3.65. The van der Waals surface area contributed by atoms with Gasteiger partial charge in [0.2, 0.25) is 0 Å². The Balaban J connectivity index is 3.03. The topological polar surface area (TPSA) is 12.9 Å². The molecule has 0 saturated heterocycles. The molecule has 0 unspecified atom stereocenters. The van der Waals surface area contributed by atoms with E-state index in [-0.39, 0.29) is 5.69 Å². The van der Waals surface area contributed by atoms with Gasteiger partial charge in [-0.15, -0.1) is 11.3 Å². The van der Waals surface area contributed by atoms with Gasteiger partial charge in [0, 0.05) is 4.88 Å². The third kappa shape index (κ3) is 1.31. The predicted molar refractivity (Wildman–Crippen MR) is 36.5 cm³/mol. The minimum atomic E-state index is -2.43. The van der Waals surface area contributed by atoms with Gasteiger partial charge in [-0.05, 0) is 13.8 Å². The number of alkyl halides is 2. The summed E-state index contributed by atoms with van der Waals surface area (Å²) in [5.74, 6) is 0. The zero-order chi connectivity index (χ0) is 7.72. The molecule has 0 fully saturated rings. The molecular weight excluding hydrogens is 156 g/mol. The van der Waals surface area contributed by atoms with Crippen LogP contribution in [-0.2, 0) is 0 Å². The second-order valence-corrected chi connectivity index (χ2v) is 3.38. The van der Waals surface area contributed by atoms with Gasteiger partial charge in [-0.25, -0.2) is 13.8 Å². The number of nitrogens with zero attached hydrogens (tertiary/aromatic N) is 1.